The molecule has 25 heavy (non-hydrogen) atoms. The van der Waals surface area contributed by atoms with Gasteiger partial charge in [-0.2, -0.15) is 0 Å². The highest BCUT2D eigenvalue weighted by Crippen LogP contribution is 2.23. The summed E-state index contributed by atoms with van der Waals surface area (Å²) in [6.07, 6.45) is 0. The maximum atomic E-state index is 13.0. The Morgan fingerprint density at radius 1 is 1.28 bits per heavy atom. The molecule has 0 atom stereocenters. The minimum Gasteiger partial charge on any atom is -0.294 e. The van der Waals surface area contributed by atoms with Gasteiger partial charge in [0.2, 0.25) is 5.91 Å². The van der Waals surface area contributed by atoms with Gasteiger partial charge in [0.15, 0.2) is 5.16 Å². The van der Waals surface area contributed by atoms with Crippen molar-refractivity contribution in [2.45, 2.75) is 5.16 Å². The largest absolute Gasteiger partial charge is 0.294 e. The Kier molecular flexibility index (Phi) is 5.62. The van der Waals surface area contributed by atoms with E-state index in [9.17, 15) is 9.59 Å². The van der Waals surface area contributed by atoms with Gasteiger partial charge in [-0.1, -0.05) is 23.4 Å². The van der Waals surface area contributed by atoms with Crippen LogP contribution in [-0.2, 0) is 4.79 Å². The van der Waals surface area contributed by atoms with E-state index in [-0.39, 0.29) is 17.2 Å². The van der Waals surface area contributed by atoms with E-state index in [0.717, 1.165) is 15.3 Å². The average molecular weight is 487 g/mol. The Bertz CT molecular complexity index is 1010. The highest BCUT2D eigenvalue weighted by molar-refractivity contribution is 14.1. The summed E-state index contributed by atoms with van der Waals surface area (Å²) >= 11 is 9.23. The van der Waals surface area contributed by atoms with Gasteiger partial charge >= 0.3 is 0 Å². The number of carbonyl (C=O) groups excluding carboxylic acids is 1. The van der Waals surface area contributed by atoms with Crippen LogP contribution in [0.25, 0.3) is 16.6 Å². The topological polar surface area (TPSA) is 90.0 Å². The Morgan fingerprint density at radius 2 is 2.00 bits per heavy atom. The summed E-state index contributed by atoms with van der Waals surface area (Å²) in [5.74, 6) is 4.81. The Balaban J connectivity index is 2.22. The van der Waals surface area contributed by atoms with Gasteiger partial charge in [0, 0.05) is 8.59 Å². The molecule has 3 N–H and O–H groups in total. The number of hydrogen-bond donors (Lipinski definition) is 2. The number of fused-ring (bicyclic) bond motifs is 1. The smallest absolute Gasteiger partial charge is 0.266 e. The number of carbonyl (C=O) groups is 1. The zero-order valence-electron chi connectivity index (χ0n) is 12.7. The second-order valence-corrected chi connectivity index (χ2v) is 7.65. The molecule has 0 saturated carbocycles. The highest BCUT2D eigenvalue weighted by atomic mass is 127. The summed E-state index contributed by atoms with van der Waals surface area (Å²) in [4.78, 5) is 29.1. The van der Waals surface area contributed by atoms with Gasteiger partial charge in [-0.3, -0.25) is 19.6 Å². The molecule has 3 aromatic rings. The molecule has 9 heteroatoms. The first kappa shape index (κ1) is 18.2. The number of halogens is 2. The van der Waals surface area contributed by atoms with E-state index in [2.05, 4.69) is 33.0 Å². The van der Waals surface area contributed by atoms with Crippen LogP contribution < -0.4 is 16.8 Å². The summed E-state index contributed by atoms with van der Waals surface area (Å²) in [6.45, 7) is 0. The van der Waals surface area contributed by atoms with Crippen molar-refractivity contribution in [3.63, 3.8) is 0 Å². The third-order valence-electron chi connectivity index (χ3n) is 3.38. The lowest BCUT2D eigenvalue weighted by molar-refractivity contribution is -0.118. The molecular formula is C16H12ClIN4O2S. The maximum Gasteiger partial charge on any atom is 0.266 e. The number of nitrogens with two attached hydrogens (primary N) is 1. The molecule has 0 saturated heterocycles. The quantitative estimate of drug-likeness (QED) is 0.148. The van der Waals surface area contributed by atoms with Crippen molar-refractivity contribution in [2.24, 2.45) is 5.84 Å². The third kappa shape index (κ3) is 3.97. The van der Waals surface area contributed by atoms with Gasteiger partial charge in [-0.05, 0) is 65.1 Å². The summed E-state index contributed by atoms with van der Waals surface area (Å²) in [5, 5.41) is 1.48. The highest BCUT2D eigenvalue weighted by Gasteiger charge is 2.15. The minimum absolute atomic E-state index is 0.0480. The maximum absolute atomic E-state index is 13.0. The molecule has 0 radical (unpaired) electrons. The van der Waals surface area contributed by atoms with Crippen LogP contribution in [0.2, 0.25) is 5.02 Å². The zero-order valence-corrected chi connectivity index (χ0v) is 16.4. The van der Waals surface area contributed by atoms with Crippen LogP contribution in [0.15, 0.2) is 52.4 Å². The second-order valence-electron chi connectivity index (χ2n) is 5.03. The Hall–Kier alpha value is -1.62. The number of nitrogens with zero attached hydrogens (tertiary/aromatic N) is 2. The molecule has 1 heterocycles. The van der Waals surface area contributed by atoms with Gasteiger partial charge in [-0.25, -0.2) is 10.8 Å². The lowest BCUT2D eigenvalue weighted by Gasteiger charge is -2.13. The van der Waals surface area contributed by atoms with Crippen molar-refractivity contribution in [3.05, 3.63) is 61.4 Å². The van der Waals surface area contributed by atoms with E-state index in [1.54, 1.807) is 36.4 Å². The molecule has 0 aliphatic carbocycles. The summed E-state index contributed by atoms with van der Waals surface area (Å²) in [7, 11) is 0. The first-order chi connectivity index (χ1) is 12.0. The van der Waals surface area contributed by atoms with Crippen molar-refractivity contribution < 1.29 is 4.79 Å². The van der Waals surface area contributed by atoms with Crippen LogP contribution in [0.5, 0.6) is 0 Å². The fraction of sp³-hybridized carbons (Fsp3) is 0.0625. The molecule has 0 spiro atoms. The molecule has 0 fully saturated rings. The molecule has 0 aliphatic heterocycles. The van der Waals surface area contributed by atoms with Gasteiger partial charge in [0.05, 0.1) is 22.3 Å². The molecule has 6 nitrogen and oxygen atoms in total. The number of rotatable bonds is 4. The number of aromatic nitrogens is 2. The summed E-state index contributed by atoms with van der Waals surface area (Å²) < 4.78 is 2.41. The molecule has 2 aromatic carbocycles. The molecular weight excluding hydrogens is 475 g/mol. The summed E-state index contributed by atoms with van der Waals surface area (Å²) in [6, 6.07) is 12.3. The van der Waals surface area contributed by atoms with Crippen molar-refractivity contribution in [2.75, 3.05) is 5.75 Å². The molecule has 3 rings (SSSR count). The zero-order chi connectivity index (χ0) is 18.0. The Morgan fingerprint density at radius 3 is 2.68 bits per heavy atom. The standard InChI is InChI=1S/C16H12ClIN4O2S/c17-9-1-4-11(5-2-9)22-15(24)12-7-10(18)3-6-13(12)20-16(22)25-8-14(23)21-19/h1-7H,8,19H2,(H,21,23). The number of thioether (sulfide) groups is 1. The number of benzene rings is 2. The van der Waals surface area contributed by atoms with E-state index in [4.69, 9.17) is 17.4 Å². The predicted octanol–water partition coefficient (Wildman–Crippen LogP) is 2.73. The number of hydrogen-bond acceptors (Lipinski definition) is 5. The van der Waals surface area contributed by atoms with Crippen LogP contribution in [0.1, 0.15) is 0 Å². The average Bonchev–Trinajstić information content (AvgIpc) is 2.61. The Labute approximate surface area is 165 Å². The van der Waals surface area contributed by atoms with Gasteiger partial charge in [0.1, 0.15) is 0 Å². The lowest BCUT2D eigenvalue weighted by Crippen LogP contribution is -2.32. The van der Waals surface area contributed by atoms with E-state index in [0.29, 0.717) is 26.8 Å². The monoisotopic (exact) mass is 486 g/mol. The third-order valence-corrected chi connectivity index (χ3v) is 5.24. The van der Waals surface area contributed by atoms with Crippen LogP contribution in [0, 0.1) is 3.57 Å². The van der Waals surface area contributed by atoms with E-state index < -0.39 is 0 Å². The first-order valence-electron chi connectivity index (χ1n) is 7.10. The number of nitrogens with one attached hydrogen (secondary N) is 1. The van der Waals surface area contributed by atoms with Crippen molar-refractivity contribution >= 4 is 62.8 Å². The van der Waals surface area contributed by atoms with E-state index in [1.165, 1.54) is 4.57 Å². The summed E-state index contributed by atoms with van der Waals surface area (Å²) in [5.41, 5.74) is 3.06. The number of amides is 1. The lowest BCUT2D eigenvalue weighted by atomic mass is 10.2. The van der Waals surface area contributed by atoms with Gasteiger partial charge in [-0.15, -0.1) is 0 Å². The number of hydrazine groups is 1. The van der Waals surface area contributed by atoms with Crippen LogP contribution >= 0.6 is 46.0 Å². The SMILES string of the molecule is NNC(=O)CSc1nc2ccc(I)cc2c(=O)n1-c1ccc(Cl)cc1. The molecule has 128 valence electrons. The van der Waals surface area contributed by atoms with Crippen molar-refractivity contribution in [3.8, 4) is 5.69 Å². The molecule has 0 bridgehead atoms. The van der Waals surface area contributed by atoms with Crippen LogP contribution in [0.3, 0.4) is 0 Å². The molecule has 0 aliphatic rings. The molecule has 0 unspecified atom stereocenters. The van der Waals surface area contributed by atoms with Crippen molar-refractivity contribution in [1.29, 1.82) is 0 Å². The minimum atomic E-state index is -0.357. The fourth-order valence-electron chi connectivity index (χ4n) is 2.22. The van der Waals surface area contributed by atoms with Gasteiger partial charge in [0.25, 0.3) is 5.56 Å². The van der Waals surface area contributed by atoms with Gasteiger partial charge < -0.3 is 0 Å². The van der Waals surface area contributed by atoms with Crippen LogP contribution in [-0.4, -0.2) is 21.2 Å². The van der Waals surface area contributed by atoms with Crippen molar-refractivity contribution in [1.82, 2.24) is 15.0 Å². The second kappa shape index (κ2) is 7.73. The predicted molar refractivity (Wildman–Crippen MR) is 108 cm³/mol. The normalized spacial score (nSPS) is 10.8. The molecule has 1 amide bonds. The van der Waals surface area contributed by atoms with E-state index in [1.807, 2.05) is 6.07 Å². The fourth-order valence-corrected chi connectivity index (χ4v) is 3.66. The molecule has 1 aromatic heterocycles. The van der Waals surface area contributed by atoms with E-state index >= 15 is 0 Å². The first-order valence-corrected chi connectivity index (χ1v) is 9.54. The van der Waals surface area contributed by atoms with Crippen LogP contribution in [0.4, 0.5) is 0 Å².